The Labute approximate surface area is 121 Å². The number of aryl methyl sites for hydroxylation is 1. The van der Waals surface area contributed by atoms with Crippen molar-refractivity contribution in [3.05, 3.63) is 29.3 Å². The quantitative estimate of drug-likeness (QED) is 0.747. The molecule has 0 bridgehead atoms. The van der Waals surface area contributed by atoms with Crippen molar-refractivity contribution in [2.45, 2.75) is 39.3 Å². The number of rotatable bonds is 6. The fourth-order valence-corrected chi connectivity index (χ4v) is 3.15. The lowest BCUT2D eigenvalue weighted by atomic mass is 10.0. The van der Waals surface area contributed by atoms with Gasteiger partial charge in [-0.1, -0.05) is 12.1 Å². The Kier molecular flexibility index (Phi) is 5.18. The van der Waals surface area contributed by atoms with Crippen molar-refractivity contribution in [3.8, 4) is 5.75 Å². The molecule has 114 valence electrons. The van der Waals surface area contributed by atoms with E-state index < -0.39 is 15.6 Å². The molecule has 0 spiro atoms. The Balaban J connectivity index is 2.69. The van der Waals surface area contributed by atoms with E-state index in [-0.39, 0.29) is 11.8 Å². The molecule has 1 aromatic rings. The summed E-state index contributed by atoms with van der Waals surface area (Å²) >= 11 is 0. The van der Waals surface area contributed by atoms with Crippen LogP contribution in [0.25, 0.3) is 0 Å². The van der Waals surface area contributed by atoms with Crippen LogP contribution in [0, 0.1) is 6.92 Å². The van der Waals surface area contributed by atoms with Gasteiger partial charge >= 0.3 is 0 Å². The summed E-state index contributed by atoms with van der Waals surface area (Å²) < 4.78 is 25.1. The predicted molar refractivity (Wildman–Crippen MR) is 81.3 cm³/mol. The third-order valence-corrected chi connectivity index (χ3v) is 3.89. The first-order chi connectivity index (χ1) is 9.00. The van der Waals surface area contributed by atoms with Gasteiger partial charge in [-0.25, -0.2) is 13.1 Å². The van der Waals surface area contributed by atoms with Gasteiger partial charge in [0.15, 0.2) is 0 Å². The third kappa shape index (κ3) is 5.48. The van der Waals surface area contributed by atoms with Gasteiger partial charge in [-0.15, -0.1) is 0 Å². The van der Waals surface area contributed by atoms with Crippen LogP contribution in [-0.2, 0) is 10.0 Å². The second-order valence-corrected chi connectivity index (χ2v) is 7.67. The van der Waals surface area contributed by atoms with Crippen LogP contribution in [0.15, 0.2) is 18.2 Å². The van der Waals surface area contributed by atoms with Gasteiger partial charge in [-0.05, 0) is 39.3 Å². The highest BCUT2D eigenvalue weighted by Crippen LogP contribution is 2.25. The van der Waals surface area contributed by atoms with Gasteiger partial charge in [0.25, 0.3) is 0 Å². The summed E-state index contributed by atoms with van der Waals surface area (Å²) in [7, 11) is -3.25. The summed E-state index contributed by atoms with van der Waals surface area (Å²) in [5, 5.41) is 13.2. The van der Waals surface area contributed by atoms with E-state index in [2.05, 4.69) is 10.0 Å². The molecule has 0 saturated carbocycles. The van der Waals surface area contributed by atoms with E-state index >= 15 is 0 Å². The summed E-state index contributed by atoms with van der Waals surface area (Å²) in [4.78, 5) is 0. The van der Waals surface area contributed by atoms with Crippen molar-refractivity contribution < 1.29 is 13.5 Å². The average molecular weight is 300 g/mol. The molecule has 1 atom stereocenters. The number of aromatic hydroxyl groups is 1. The highest BCUT2D eigenvalue weighted by molar-refractivity contribution is 7.88. The van der Waals surface area contributed by atoms with E-state index in [4.69, 9.17) is 0 Å². The molecule has 0 saturated heterocycles. The molecule has 20 heavy (non-hydrogen) atoms. The Morgan fingerprint density at radius 2 is 1.95 bits per heavy atom. The van der Waals surface area contributed by atoms with Crippen molar-refractivity contribution >= 4 is 10.0 Å². The molecular formula is C14H24N2O3S. The average Bonchev–Trinajstić information content (AvgIpc) is 2.22. The molecule has 0 aliphatic heterocycles. The molecule has 1 rings (SSSR count). The van der Waals surface area contributed by atoms with E-state index in [0.717, 1.165) is 17.4 Å². The van der Waals surface area contributed by atoms with Crippen LogP contribution in [0.2, 0.25) is 0 Å². The zero-order valence-electron chi connectivity index (χ0n) is 12.7. The first-order valence-corrected chi connectivity index (χ1v) is 8.41. The predicted octanol–water partition coefficient (Wildman–Crippen LogP) is 1.68. The van der Waals surface area contributed by atoms with Crippen LogP contribution in [0.3, 0.4) is 0 Å². The molecule has 1 aromatic carbocycles. The normalized spacial score (nSPS) is 14.2. The van der Waals surface area contributed by atoms with Crippen molar-refractivity contribution in [3.63, 3.8) is 0 Å². The van der Waals surface area contributed by atoms with E-state index in [0.29, 0.717) is 6.54 Å². The van der Waals surface area contributed by atoms with E-state index in [1.54, 1.807) is 6.07 Å². The van der Waals surface area contributed by atoms with E-state index in [9.17, 15) is 13.5 Å². The number of hydrogen-bond acceptors (Lipinski definition) is 4. The van der Waals surface area contributed by atoms with Gasteiger partial charge in [0.05, 0.1) is 6.26 Å². The van der Waals surface area contributed by atoms with Gasteiger partial charge in [0.2, 0.25) is 10.0 Å². The highest BCUT2D eigenvalue weighted by Gasteiger charge is 2.23. The summed E-state index contributed by atoms with van der Waals surface area (Å²) in [5.41, 5.74) is 1.20. The second kappa shape index (κ2) is 6.11. The van der Waals surface area contributed by atoms with Gasteiger partial charge in [0.1, 0.15) is 5.75 Å². The maximum atomic E-state index is 11.3. The Bertz CT molecular complexity index is 568. The molecule has 0 radical (unpaired) electrons. The maximum absolute atomic E-state index is 11.3. The fourth-order valence-electron chi connectivity index (χ4n) is 2.08. The minimum atomic E-state index is -3.25. The molecule has 0 amide bonds. The molecule has 1 unspecified atom stereocenters. The fraction of sp³-hybridized carbons (Fsp3) is 0.571. The molecular weight excluding hydrogens is 276 g/mol. The SMILES string of the molecule is Cc1ccc(C(C)NCC(C)(C)NS(C)(=O)=O)c(O)c1. The Morgan fingerprint density at radius 3 is 2.45 bits per heavy atom. The molecule has 0 aliphatic carbocycles. The number of benzene rings is 1. The van der Waals surface area contributed by atoms with Gasteiger partial charge in [-0.3, -0.25) is 0 Å². The van der Waals surface area contributed by atoms with Gasteiger partial charge < -0.3 is 10.4 Å². The second-order valence-electron chi connectivity index (χ2n) is 5.92. The Hall–Kier alpha value is -1.11. The monoisotopic (exact) mass is 300 g/mol. The van der Waals surface area contributed by atoms with Crippen LogP contribution in [0.4, 0.5) is 0 Å². The number of sulfonamides is 1. The molecule has 0 fully saturated rings. The van der Waals surface area contributed by atoms with Crippen LogP contribution < -0.4 is 10.0 Å². The van der Waals surface area contributed by atoms with Gasteiger partial charge in [-0.2, -0.15) is 0 Å². The summed E-state index contributed by atoms with van der Waals surface area (Å²) in [6.07, 6.45) is 1.14. The topological polar surface area (TPSA) is 78.4 Å². The summed E-state index contributed by atoms with van der Waals surface area (Å²) in [5.74, 6) is 0.249. The molecule has 3 N–H and O–H groups in total. The smallest absolute Gasteiger partial charge is 0.209 e. The molecule has 0 aromatic heterocycles. The Morgan fingerprint density at radius 1 is 1.35 bits per heavy atom. The molecule has 0 aliphatic rings. The highest BCUT2D eigenvalue weighted by atomic mass is 32.2. The van der Waals surface area contributed by atoms with Crippen molar-refractivity contribution in [1.82, 2.24) is 10.0 Å². The van der Waals surface area contributed by atoms with Crippen LogP contribution in [0.5, 0.6) is 5.75 Å². The first-order valence-electron chi connectivity index (χ1n) is 6.52. The van der Waals surface area contributed by atoms with E-state index in [1.165, 1.54) is 0 Å². The third-order valence-electron chi connectivity index (χ3n) is 2.96. The minimum absolute atomic E-state index is 0.0729. The van der Waals surface area contributed by atoms with Crippen molar-refractivity contribution in [1.29, 1.82) is 0 Å². The zero-order chi connectivity index (χ0) is 15.6. The number of phenols is 1. The van der Waals surface area contributed by atoms with Crippen LogP contribution in [0.1, 0.15) is 37.9 Å². The maximum Gasteiger partial charge on any atom is 0.209 e. The lowest BCUT2D eigenvalue weighted by Gasteiger charge is -2.27. The van der Waals surface area contributed by atoms with Crippen molar-refractivity contribution in [2.24, 2.45) is 0 Å². The number of nitrogens with one attached hydrogen (secondary N) is 2. The van der Waals surface area contributed by atoms with Crippen LogP contribution in [-0.4, -0.2) is 31.9 Å². The van der Waals surface area contributed by atoms with Gasteiger partial charge in [0, 0.05) is 23.7 Å². The summed E-state index contributed by atoms with van der Waals surface area (Å²) in [6.45, 7) is 7.92. The lowest BCUT2D eigenvalue weighted by molar-refractivity contribution is 0.391. The largest absolute Gasteiger partial charge is 0.508 e. The van der Waals surface area contributed by atoms with Crippen molar-refractivity contribution in [2.75, 3.05) is 12.8 Å². The first kappa shape index (κ1) is 16.9. The minimum Gasteiger partial charge on any atom is -0.508 e. The summed E-state index contributed by atoms with van der Waals surface area (Å²) in [6, 6.07) is 5.45. The van der Waals surface area contributed by atoms with E-state index in [1.807, 2.05) is 39.8 Å². The standard InChI is InChI=1S/C14H24N2O3S/c1-10-6-7-12(13(17)8-10)11(2)15-9-14(3,4)16-20(5,18)19/h6-8,11,15-17H,9H2,1-5H3. The zero-order valence-corrected chi connectivity index (χ0v) is 13.5. The lowest BCUT2D eigenvalue weighted by Crippen LogP contribution is -2.50. The molecule has 5 nitrogen and oxygen atoms in total. The number of phenolic OH excluding ortho intramolecular Hbond substituents is 1. The number of hydrogen-bond donors (Lipinski definition) is 3. The van der Waals surface area contributed by atoms with Crippen LogP contribution >= 0.6 is 0 Å². The molecule has 0 heterocycles. The molecule has 6 heteroatoms.